The van der Waals surface area contributed by atoms with E-state index in [0.717, 1.165) is 49.1 Å². The number of para-hydroxylation sites is 1. The van der Waals surface area contributed by atoms with Crippen molar-refractivity contribution in [2.45, 2.75) is 40.2 Å². The number of aromatic amines is 1. The third kappa shape index (κ3) is 6.80. The van der Waals surface area contributed by atoms with Crippen molar-refractivity contribution in [2.75, 3.05) is 39.3 Å². The molecule has 0 aliphatic carbocycles. The largest absolute Gasteiger partial charge is 0.396 e. The zero-order valence-electron chi connectivity index (χ0n) is 17.9. The van der Waals surface area contributed by atoms with Gasteiger partial charge in [-0.05, 0) is 56.4 Å². The monoisotopic (exact) mass is 419 g/mol. The number of aryl methyl sites for hydroxylation is 1. The first-order chi connectivity index (χ1) is 14.0. The molecule has 7 heteroatoms. The molecule has 1 aromatic heterocycles. The molecule has 0 bridgehead atoms. The Labute approximate surface area is 178 Å². The number of hydrogen-bond acceptors (Lipinski definition) is 3. The van der Waals surface area contributed by atoms with Crippen LogP contribution < -0.4 is 15.8 Å². The fourth-order valence-electron chi connectivity index (χ4n) is 3.51. The van der Waals surface area contributed by atoms with Gasteiger partial charge in [-0.15, -0.1) is 0 Å². The number of benzene rings is 1. The normalized spacial score (nSPS) is 11.2. The topological polar surface area (TPSA) is 72.8 Å². The number of aliphatic hydroxyl groups is 1. The molecule has 1 heterocycles. The lowest BCUT2D eigenvalue weighted by Crippen LogP contribution is -3.11. The molecule has 0 aliphatic rings. The van der Waals surface area contributed by atoms with Gasteiger partial charge < -0.3 is 25.2 Å². The Kier molecular flexibility index (Phi) is 9.57. The molecule has 0 aliphatic heterocycles. The van der Waals surface area contributed by atoms with Crippen LogP contribution >= 0.6 is 12.2 Å². The standard InChI is InChI=1S/C22H34N4O2S/c1-4-25(5-2)12-7-11-23-22(29)26(13-8-14-27)16-19-15-18-10-6-9-17(3)20(18)24-21(19)28/h6,9-10,15,27H,4-5,7-8,11-14,16H2,1-3H3,(H,23,29)(H,24,28)/p+1. The van der Waals surface area contributed by atoms with Crippen molar-refractivity contribution >= 4 is 28.2 Å². The highest BCUT2D eigenvalue weighted by atomic mass is 32.1. The zero-order chi connectivity index (χ0) is 21.2. The number of nitrogens with zero attached hydrogens (tertiary/aromatic N) is 1. The quantitative estimate of drug-likeness (QED) is 0.326. The van der Waals surface area contributed by atoms with E-state index in [4.69, 9.17) is 12.2 Å². The Bertz CT molecular complexity index is 848. The molecule has 0 saturated carbocycles. The number of aliphatic hydroxyl groups excluding tert-OH is 1. The van der Waals surface area contributed by atoms with Crippen LogP contribution in [0.3, 0.4) is 0 Å². The van der Waals surface area contributed by atoms with E-state index in [2.05, 4.69) is 24.1 Å². The van der Waals surface area contributed by atoms with E-state index in [0.29, 0.717) is 30.2 Å². The van der Waals surface area contributed by atoms with Crippen molar-refractivity contribution in [3.63, 3.8) is 0 Å². The summed E-state index contributed by atoms with van der Waals surface area (Å²) in [4.78, 5) is 19.2. The molecule has 0 spiro atoms. The van der Waals surface area contributed by atoms with E-state index >= 15 is 0 Å². The van der Waals surface area contributed by atoms with Gasteiger partial charge >= 0.3 is 0 Å². The van der Waals surface area contributed by atoms with Crippen molar-refractivity contribution in [3.05, 3.63) is 45.7 Å². The SMILES string of the molecule is CC[NH+](CC)CCCNC(=S)N(CCCO)Cc1cc2cccc(C)c2[nH]c1=O. The summed E-state index contributed by atoms with van der Waals surface area (Å²) in [6.45, 7) is 11.7. The lowest BCUT2D eigenvalue weighted by Gasteiger charge is -2.26. The van der Waals surface area contributed by atoms with Gasteiger partial charge in [-0.1, -0.05) is 18.2 Å². The highest BCUT2D eigenvalue weighted by Gasteiger charge is 2.13. The number of thiocarbonyl (C=S) groups is 1. The summed E-state index contributed by atoms with van der Waals surface area (Å²) in [7, 11) is 0. The number of H-pyrrole nitrogens is 1. The molecular weight excluding hydrogens is 384 g/mol. The second-order valence-corrected chi connectivity index (χ2v) is 7.84. The van der Waals surface area contributed by atoms with Crippen LogP contribution in [-0.4, -0.2) is 59.4 Å². The van der Waals surface area contributed by atoms with Gasteiger partial charge in [-0.25, -0.2) is 0 Å². The van der Waals surface area contributed by atoms with E-state index < -0.39 is 0 Å². The summed E-state index contributed by atoms with van der Waals surface area (Å²) in [6, 6.07) is 7.93. The predicted octanol–water partition coefficient (Wildman–Crippen LogP) is 1.21. The number of quaternary nitrogens is 1. The molecule has 4 N–H and O–H groups in total. The Hall–Kier alpha value is -1.96. The molecule has 0 unspecified atom stereocenters. The molecule has 6 nitrogen and oxygen atoms in total. The number of aromatic nitrogens is 1. The molecule has 0 saturated heterocycles. The van der Waals surface area contributed by atoms with Crippen LogP contribution in [0.15, 0.2) is 29.1 Å². The van der Waals surface area contributed by atoms with Crippen LogP contribution in [-0.2, 0) is 6.54 Å². The van der Waals surface area contributed by atoms with Crippen molar-refractivity contribution in [1.82, 2.24) is 15.2 Å². The number of rotatable bonds is 11. The summed E-state index contributed by atoms with van der Waals surface area (Å²) >= 11 is 5.60. The van der Waals surface area contributed by atoms with Gasteiger partial charge in [0.25, 0.3) is 5.56 Å². The molecule has 160 valence electrons. The van der Waals surface area contributed by atoms with E-state index in [9.17, 15) is 9.90 Å². The zero-order valence-corrected chi connectivity index (χ0v) is 18.7. The third-order valence-corrected chi connectivity index (χ3v) is 5.79. The van der Waals surface area contributed by atoms with E-state index in [1.165, 1.54) is 0 Å². The smallest absolute Gasteiger partial charge is 0.253 e. The van der Waals surface area contributed by atoms with Crippen molar-refractivity contribution in [2.24, 2.45) is 0 Å². The highest BCUT2D eigenvalue weighted by molar-refractivity contribution is 7.80. The van der Waals surface area contributed by atoms with Gasteiger partial charge in [0.05, 0.1) is 31.7 Å². The average molecular weight is 420 g/mol. The van der Waals surface area contributed by atoms with Crippen LogP contribution in [0.4, 0.5) is 0 Å². The number of fused-ring (bicyclic) bond motifs is 1. The predicted molar refractivity (Wildman–Crippen MR) is 124 cm³/mol. The summed E-state index contributed by atoms with van der Waals surface area (Å²) in [5.74, 6) is 0. The van der Waals surface area contributed by atoms with Gasteiger partial charge in [-0.2, -0.15) is 0 Å². The number of hydrogen-bond donors (Lipinski definition) is 4. The molecule has 0 atom stereocenters. The molecule has 2 rings (SSSR count). The molecule has 1 aromatic carbocycles. The third-order valence-electron chi connectivity index (χ3n) is 5.38. The van der Waals surface area contributed by atoms with Gasteiger partial charge in [-0.3, -0.25) is 4.79 Å². The average Bonchev–Trinajstić information content (AvgIpc) is 2.72. The summed E-state index contributed by atoms with van der Waals surface area (Å²) < 4.78 is 0. The number of nitrogens with one attached hydrogen (secondary N) is 3. The minimum absolute atomic E-state index is 0.0891. The number of pyridine rings is 1. The Balaban J connectivity index is 2.06. The maximum atomic E-state index is 12.6. The Morgan fingerprint density at radius 1 is 1.28 bits per heavy atom. The van der Waals surface area contributed by atoms with E-state index in [-0.39, 0.29) is 12.2 Å². The van der Waals surface area contributed by atoms with Gasteiger partial charge in [0.15, 0.2) is 5.11 Å². The first kappa shape index (κ1) is 23.3. The summed E-state index contributed by atoms with van der Waals surface area (Å²) in [5, 5.41) is 14.2. The molecule has 0 radical (unpaired) electrons. The molecule has 0 fully saturated rings. The fraction of sp³-hybridized carbons (Fsp3) is 0.545. The lowest BCUT2D eigenvalue weighted by atomic mass is 10.1. The lowest BCUT2D eigenvalue weighted by molar-refractivity contribution is -0.896. The van der Waals surface area contributed by atoms with Crippen molar-refractivity contribution in [3.8, 4) is 0 Å². The second kappa shape index (κ2) is 11.9. The van der Waals surface area contributed by atoms with Gasteiger partial charge in [0, 0.05) is 31.7 Å². The first-order valence-electron chi connectivity index (χ1n) is 10.6. The molecule has 29 heavy (non-hydrogen) atoms. The van der Waals surface area contributed by atoms with Crippen LogP contribution in [0.25, 0.3) is 10.9 Å². The van der Waals surface area contributed by atoms with Crippen LogP contribution in [0.1, 0.15) is 37.8 Å². The van der Waals surface area contributed by atoms with Gasteiger partial charge in [0.1, 0.15) is 0 Å². The summed E-state index contributed by atoms with van der Waals surface area (Å²) in [5.41, 5.74) is 2.52. The second-order valence-electron chi connectivity index (χ2n) is 7.45. The molecular formula is C22H35N4O2S+. The van der Waals surface area contributed by atoms with E-state index in [1.54, 1.807) is 4.90 Å². The minimum atomic E-state index is -0.0891. The molecule has 2 aromatic rings. The first-order valence-corrected chi connectivity index (χ1v) is 11.0. The van der Waals surface area contributed by atoms with E-state index in [1.807, 2.05) is 36.1 Å². The van der Waals surface area contributed by atoms with Crippen molar-refractivity contribution in [1.29, 1.82) is 0 Å². The Morgan fingerprint density at radius 3 is 2.72 bits per heavy atom. The van der Waals surface area contributed by atoms with Crippen LogP contribution in [0.2, 0.25) is 0 Å². The maximum absolute atomic E-state index is 12.6. The highest BCUT2D eigenvalue weighted by Crippen LogP contribution is 2.16. The van der Waals surface area contributed by atoms with Crippen LogP contribution in [0.5, 0.6) is 0 Å². The maximum Gasteiger partial charge on any atom is 0.253 e. The Morgan fingerprint density at radius 2 is 2.03 bits per heavy atom. The van der Waals surface area contributed by atoms with Crippen molar-refractivity contribution < 1.29 is 10.0 Å². The van der Waals surface area contributed by atoms with Gasteiger partial charge in [0.2, 0.25) is 0 Å². The summed E-state index contributed by atoms with van der Waals surface area (Å²) in [6.07, 6.45) is 1.65. The minimum Gasteiger partial charge on any atom is -0.396 e. The fourth-order valence-corrected chi connectivity index (χ4v) is 3.77. The molecule has 0 amide bonds. The van der Waals surface area contributed by atoms with Crippen LogP contribution in [0, 0.1) is 6.92 Å².